The van der Waals surface area contributed by atoms with Gasteiger partial charge < -0.3 is 25.1 Å². The topological polar surface area (TPSA) is 79.7 Å². The number of rotatable bonds is 6. The van der Waals surface area contributed by atoms with Crippen LogP contribution < -0.4 is 11.5 Å². The molecular formula is C12H28N2O3Si. The molecule has 18 heavy (non-hydrogen) atoms. The standard InChI is InChI=1S/C12H28N2O3Si/c1-11(14)7-6-10-18(16-3,17-4)12(11,15-2)8-5-9-13/h5-10,13-14H2,1-4H3. The van der Waals surface area contributed by atoms with Gasteiger partial charge in [-0.2, -0.15) is 0 Å². The van der Waals surface area contributed by atoms with Crippen LogP contribution in [0.5, 0.6) is 0 Å². The molecule has 0 aromatic rings. The Hall–Kier alpha value is 0.0169. The van der Waals surface area contributed by atoms with Gasteiger partial charge in [0.25, 0.3) is 0 Å². The molecule has 0 spiro atoms. The first-order valence-corrected chi connectivity index (χ1v) is 8.62. The molecule has 0 aromatic heterocycles. The predicted octanol–water partition coefficient (Wildman–Crippen LogP) is 0.896. The van der Waals surface area contributed by atoms with Crippen molar-refractivity contribution in [2.75, 3.05) is 27.9 Å². The summed E-state index contributed by atoms with van der Waals surface area (Å²) in [4.78, 5) is 0. The summed E-state index contributed by atoms with van der Waals surface area (Å²) >= 11 is 0. The molecule has 1 rings (SSSR count). The van der Waals surface area contributed by atoms with Crippen LogP contribution in [0.2, 0.25) is 6.04 Å². The zero-order valence-electron chi connectivity index (χ0n) is 12.1. The second-order valence-corrected chi connectivity index (χ2v) is 8.99. The van der Waals surface area contributed by atoms with E-state index in [0.717, 1.165) is 31.7 Å². The van der Waals surface area contributed by atoms with E-state index in [0.29, 0.717) is 6.54 Å². The quantitative estimate of drug-likeness (QED) is 0.705. The lowest BCUT2D eigenvalue weighted by molar-refractivity contribution is -0.0613. The summed E-state index contributed by atoms with van der Waals surface area (Å²) in [6, 6.07) is 0.922. The highest BCUT2D eigenvalue weighted by Gasteiger charge is 2.66. The molecule has 0 aromatic carbocycles. The van der Waals surface area contributed by atoms with Gasteiger partial charge in [-0.15, -0.1) is 0 Å². The first kappa shape index (κ1) is 16.1. The smallest absolute Gasteiger partial charge is 0.372 e. The molecule has 0 radical (unpaired) electrons. The lowest BCUT2D eigenvalue weighted by atomic mass is 9.86. The fourth-order valence-electron chi connectivity index (χ4n) is 3.46. The van der Waals surface area contributed by atoms with Crippen molar-refractivity contribution in [3.8, 4) is 0 Å². The number of hydrogen-bond acceptors (Lipinski definition) is 5. The van der Waals surface area contributed by atoms with E-state index in [1.54, 1.807) is 21.3 Å². The van der Waals surface area contributed by atoms with Crippen LogP contribution in [-0.4, -0.2) is 47.2 Å². The van der Waals surface area contributed by atoms with Gasteiger partial charge in [-0.3, -0.25) is 0 Å². The van der Waals surface area contributed by atoms with Crippen molar-refractivity contribution in [1.82, 2.24) is 0 Å². The van der Waals surface area contributed by atoms with Crippen molar-refractivity contribution in [3.05, 3.63) is 0 Å². The number of ether oxygens (including phenoxy) is 1. The Morgan fingerprint density at radius 3 is 2.28 bits per heavy atom. The van der Waals surface area contributed by atoms with E-state index >= 15 is 0 Å². The van der Waals surface area contributed by atoms with E-state index in [4.69, 9.17) is 25.1 Å². The number of nitrogens with two attached hydrogens (primary N) is 2. The maximum absolute atomic E-state index is 6.54. The number of hydrogen-bond donors (Lipinski definition) is 2. The minimum absolute atomic E-state index is 0.437. The van der Waals surface area contributed by atoms with Crippen LogP contribution in [0.15, 0.2) is 0 Å². The average molecular weight is 276 g/mol. The minimum Gasteiger partial charge on any atom is -0.396 e. The zero-order valence-corrected chi connectivity index (χ0v) is 13.1. The Balaban J connectivity index is 3.21. The Bertz CT molecular complexity index is 272. The second-order valence-electron chi connectivity index (χ2n) is 5.36. The molecule has 2 unspecified atom stereocenters. The average Bonchev–Trinajstić information content (AvgIpc) is 2.36. The molecule has 0 aliphatic carbocycles. The molecule has 1 fully saturated rings. The molecule has 0 bridgehead atoms. The van der Waals surface area contributed by atoms with E-state index < -0.39 is 19.3 Å². The van der Waals surface area contributed by atoms with Crippen molar-refractivity contribution >= 4 is 8.56 Å². The highest BCUT2D eigenvalue weighted by molar-refractivity contribution is 6.71. The largest absolute Gasteiger partial charge is 0.396 e. The second kappa shape index (κ2) is 5.98. The van der Waals surface area contributed by atoms with Crippen LogP contribution in [0.3, 0.4) is 0 Å². The molecule has 1 aliphatic heterocycles. The fourth-order valence-corrected chi connectivity index (χ4v) is 7.61. The molecule has 4 N–H and O–H groups in total. The molecule has 6 heteroatoms. The van der Waals surface area contributed by atoms with Crippen LogP contribution >= 0.6 is 0 Å². The first-order valence-electron chi connectivity index (χ1n) is 6.59. The molecule has 0 saturated carbocycles. The molecule has 1 heterocycles. The van der Waals surface area contributed by atoms with Crippen LogP contribution in [0.4, 0.5) is 0 Å². The monoisotopic (exact) mass is 276 g/mol. The summed E-state index contributed by atoms with van der Waals surface area (Å²) in [5.41, 5.74) is 11.8. The van der Waals surface area contributed by atoms with Gasteiger partial charge in [0.2, 0.25) is 0 Å². The first-order chi connectivity index (χ1) is 8.45. The van der Waals surface area contributed by atoms with Gasteiger partial charge in [-0.1, -0.05) is 0 Å². The van der Waals surface area contributed by atoms with Crippen molar-refractivity contribution < 1.29 is 13.6 Å². The zero-order chi connectivity index (χ0) is 13.9. The highest BCUT2D eigenvalue weighted by Crippen LogP contribution is 2.47. The van der Waals surface area contributed by atoms with Gasteiger partial charge in [0.05, 0.1) is 0 Å². The normalized spacial score (nSPS) is 35.7. The lowest BCUT2D eigenvalue weighted by Gasteiger charge is -2.56. The van der Waals surface area contributed by atoms with Gasteiger partial charge in [0.15, 0.2) is 0 Å². The van der Waals surface area contributed by atoms with Crippen molar-refractivity contribution in [2.24, 2.45) is 11.5 Å². The Labute approximate surface area is 111 Å². The minimum atomic E-state index is -2.49. The van der Waals surface area contributed by atoms with E-state index in [1.165, 1.54) is 0 Å². The molecule has 5 nitrogen and oxygen atoms in total. The molecular weight excluding hydrogens is 248 g/mol. The summed E-state index contributed by atoms with van der Waals surface area (Å²) in [6.07, 6.45) is 3.60. The number of methoxy groups -OCH3 is 1. The van der Waals surface area contributed by atoms with Crippen LogP contribution in [-0.2, 0) is 13.6 Å². The van der Waals surface area contributed by atoms with Gasteiger partial charge in [0.1, 0.15) is 5.22 Å². The Morgan fingerprint density at radius 2 is 1.83 bits per heavy atom. The molecule has 1 saturated heterocycles. The summed E-state index contributed by atoms with van der Waals surface area (Å²) in [5.74, 6) is 0. The Morgan fingerprint density at radius 1 is 1.22 bits per heavy atom. The van der Waals surface area contributed by atoms with Gasteiger partial charge >= 0.3 is 8.56 Å². The van der Waals surface area contributed by atoms with Crippen LogP contribution in [0.25, 0.3) is 0 Å². The van der Waals surface area contributed by atoms with E-state index in [1.807, 2.05) is 6.92 Å². The third kappa shape index (κ3) is 2.26. The predicted molar refractivity (Wildman–Crippen MR) is 74.4 cm³/mol. The van der Waals surface area contributed by atoms with Gasteiger partial charge in [0, 0.05) is 26.9 Å². The molecule has 1 aliphatic rings. The SMILES string of the molecule is COC1(CCCN)C(C)(N)CCC[Si]1(OC)OC. The third-order valence-electron chi connectivity index (χ3n) is 4.48. The van der Waals surface area contributed by atoms with Gasteiger partial charge in [-0.05, 0) is 45.2 Å². The Kier molecular flexibility index (Phi) is 5.34. The molecule has 108 valence electrons. The van der Waals surface area contributed by atoms with E-state index in [2.05, 4.69) is 0 Å². The van der Waals surface area contributed by atoms with Crippen molar-refractivity contribution in [2.45, 2.75) is 49.4 Å². The summed E-state index contributed by atoms with van der Waals surface area (Å²) in [7, 11) is 2.66. The fraction of sp³-hybridized carbons (Fsp3) is 1.00. The summed E-state index contributed by atoms with van der Waals surface area (Å²) < 4.78 is 17.6. The third-order valence-corrected chi connectivity index (χ3v) is 9.07. The van der Waals surface area contributed by atoms with Crippen LogP contribution in [0.1, 0.15) is 32.6 Å². The lowest BCUT2D eigenvalue weighted by Crippen LogP contribution is -2.77. The van der Waals surface area contributed by atoms with E-state index in [-0.39, 0.29) is 0 Å². The molecule has 2 atom stereocenters. The maximum Gasteiger partial charge on any atom is 0.372 e. The van der Waals surface area contributed by atoms with E-state index in [9.17, 15) is 0 Å². The summed E-state index contributed by atoms with van der Waals surface area (Å²) in [5, 5.41) is -0.527. The molecule has 0 amide bonds. The van der Waals surface area contributed by atoms with Crippen molar-refractivity contribution in [1.29, 1.82) is 0 Å². The summed E-state index contributed by atoms with van der Waals surface area (Å²) in [6.45, 7) is 2.67. The highest BCUT2D eigenvalue weighted by atomic mass is 28.4. The van der Waals surface area contributed by atoms with Crippen molar-refractivity contribution in [3.63, 3.8) is 0 Å². The maximum atomic E-state index is 6.54. The van der Waals surface area contributed by atoms with Crippen LogP contribution in [0, 0.1) is 0 Å². The van der Waals surface area contributed by atoms with Gasteiger partial charge in [-0.25, -0.2) is 0 Å².